The van der Waals surface area contributed by atoms with Gasteiger partial charge in [0.25, 0.3) is 0 Å². The van der Waals surface area contributed by atoms with Gasteiger partial charge in [-0.15, -0.1) is 0 Å². The third-order valence-corrected chi connectivity index (χ3v) is 3.31. The molecule has 0 bridgehead atoms. The molecule has 5 heteroatoms. The summed E-state index contributed by atoms with van der Waals surface area (Å²) in [5, 5.41) is 10.3. The fraction of sp³-hybridized carbons (Fsp3) is 0.188. The number of carbonyl (C=O) groups is 1. The molecule has 110 valence electrons. The highest BCUT2D eigenvalue weighted by atomic mass is 16.6. The van der Waals surface area contributed by atoms with Crippen LogP contribution in [0.25, 0.3) is 0 Å². The van der Waals surface area contributed by atoms with Gasteiger partial charge in [0, 0.05) is 5.56 Å². The molecule has 0 saturated carbocycles. The quantitative estimate of drug-likeness (QED) is 0.439. The first-order valence-electron chi connectivity index (χ1n) is 6.53. The second-order valence-electron chi connectivity index (χ2n) is 4.86. The minimum Gasteiger partial charge on any atom is -0.384 e. The summed E-state index contributed by atoms with van der Waals surface area (Å²) in [6.07, 6.45) is -1.92. The molecule has 2 unspecified atom stereocenters. The second kappa shape index (κ2) is 6.60. The van der Waals surface area contributed by atoms with Crippen molar-refractivity contribution >= 4 is 5.78 Å². The van der Waals surface area contributed by atoms with Crippen molar-refractivity contribution in [2.75, 3.05) is 0 Å². The standard InChI is InChI=1S/C16H18N2O3/c1-10-2-4-11(5-3-10)14(19)12-6-8-13(9-7-12)15(20)16(17)21-18/h2-9,14,16,19H,17-18H2,1H3. The van der Waals surface area contributed by atoms with Gasteiger partial charge in [-0.3, -0.25) is 15.4 Å². The van der Waals surface area contributed by atoms with Crippen molar-refractivity contribution in [3.05, 3.63) is 70.8 Å². The highest BCUT2D eigenvalue weighted by Crippen LogP contribution is 2.22. The van der Waals surface area contributed by atoms with Gasteiger partial charge in [-0.05, 0) is 18.1 Å². The average Bonchev–Trinajstić information content (AvgIpc) is 2.53. The molecule has 0 amide bonds. The van der Waals surface area contributed by atoms with Gasteiger partial charge in [0.05, 0.1) is 0 Å². The predicted molar refractivity (Wildman–Crippen MR) is 79.3 cm³/mol. The number of rotatable bonds is 5. The lowest BCUT2D eigenvalue weighted by Gasteiger charge is -2.13. The van der Waals surface area contributed by atoms with Crippen LogP contribution in [0.3, 0.4) is 0 Å². The van der Waals surface area contributed by atoms with Crippen molar-refractivity contribution in [3.8, 4) is 0 Å². The molecular formula is C16H18N2O3. The SMILES string of the molecule is Cc1ccc(C(O)c2ccc(C(=O)C(N)ON)cc2)cc1. The van der Waals surface area contributed by atoms with Crippen molar-refractivity contribution in [1.82, 2.24) is 0 Å². The molecule has 0 aliphatic carbocycles. The number of hydrogen-bond acceptors (Lipinski definition) is 5. The van der Waals surface area contributed by atoms with Crippen LogP contribution in [0.5, 0.6) is 0 Å². The van der Waals surface area contributed by atoms with Crippen LogP contribution in [-0.2, 0) is 4.84 Å². The van der Waals surface area contributed by atoms with E-state index in [1.165, 1.54) is 0 Å². The molecule has 0 aliphatic rings. The fourth-order valence-electron chi connectivity index (χ4n) is 2.00. The highest BCUT2D eigenvalue weighted by Gasteiger charge is 2.16. The van der Waals surface area contributed by atoms with E-state index in [9.17, 15) is 9.90 Å². The highest BCUT2D eigenvalue weighted by molar-refractivity contribution is 5.99. The van der Waals surface area contributed by atoms with E-state index in [1.54, 1.807) is 24.3 Å². The molecule has 2 aromatic rings. The van der Waals surface area contributed by atoms with Gasteiger partial charge in [-0.25, -0.2) is 5.90 Å². The maximum absolute atomic E-state index is 11.8. The molecule has 2 atom stereocenters. The maximum Gasteiger partial charge on any atom is 0.208 e. The Morgan fingerprint density at radius 1 is 1.05 bits per heavy atom. The Morgan fingerprint density at radius 3 is 2.00 bits per heavy atom. The van der Waals surface area contributed by atoms with E-state index in [2.05, 4.69) is 4.84 Å². The minimum absolute atomic E-state index is 0.382. The largest absolute Gasteiger partial charge is 0.384 e. The lowest BCUT2D eigenvalue weighted by molar-refractivity contribution is 0.0433. The topological polar surface area (TPSA) is 98.6 Å². The zero-order valence-electron chi connectivity index (χ0n) is 11.7. The Kier molecular flexibility index (Phi) is 4.82. The third-order valence-electron chi connectivity index (χ3n) is 3.31. The molecule has 0 spiro atoms. The molecule has 5 nitrogen and oxygen atoms in total. The molecule has 0 saturated heterocycles. The third kappa shape index (κ3) is 3.53. The van der Waals surface area contributed by atoms with E-state index < -0.39 is 18.1 Å². The van der Waals surface area contributed by atoms with Gasteiger partial charge in [0.15, 0.2) is 6.23 Å². The number of carbonyl (C=O) groups excluding carboxylic acids is 1. The van der Waals surface area contributed by atoms with E-state index in [4.69, 9.17) is 11.6 Å². The summed E-state index contributed by atoms with van der Waals surface area (Å²) in [6, 6.07) is 14.2. The Labute approximate surface area is 123 Å². The minimum atomic E-state index is -1.18. The number of benzene rings is 2. The van der Waals surface area contributed by atoms with Gasteiger partial charge in [0.1, 0.15) is 6.10 Å². The van der Waals surface area contributed by atoms with Crippen LogP contribution in [0.2, 0.25) is 0 Å². The zero-order valence-corrected chi connectivity index (χ0v) is 11.7. The van der Waals surface area contributed by atoms with Crippen molar-refractivity contribution < 1.29 is 14.7 Å². The first-order valence-corrected chi connectivity index (χ1v) is 6.53. The van der Waals surface area contributed by atoms with Crippen molar-refractivity contribution in [1.29, 1.82) is 0 Å². The summed E-state index contributed by atoms with van der Waals surface area (Å²) in [4.78, 5) is 16.1. The summed E-state index contributed by atoms with van der Waals surface area (Å²) in [5.41, 5.74) is 8.40. The molecule has 0 heterocycles. The molecule has 0 fully saturated rings. The average molecular weight is 286 g/mol. The molecule has 2 rings (SSSR count). The lowest BCUT2D eigenvalue weighted by Crippen LogP contribution is -2.35. The Bertz CT molecular complexity index is 608. The number of aryl methyl sites for hydroxylation is 1. The van der Waals surface area contributed by atoms with Crippen LogP contribution in [0, 0.1) is 6.92 Å². The Balaban J connectivity index is 2.18. The molecular weight excluding hydrogens is 268 g/mol. The van der Waals surface area contributed by atoms with Gasteiger partial charge in [-0.1, -0.05) is 54.1 Å². The van der Waals surface area contributed by atoms with Gasteiger partial charge < -0.3 is 5.11 Å². The number of hydrogen-bond donors (Lipinski definition) is 3. The lowest BCUT2D eigenvalue weighted by atomic mass is 9.98. The van der Waals surface area contributed by atoms with E-state index in [-0.39, 0.29) is 0 Å². The molecule has 0 aliphatic heterocycles. The summed E-state index contributed by atoms with van der Waals surface area (Å²) in [7, 11) is 0. The van der Waals surface area contributed by atoms with E-state index in [0.717, 1.165) is 11.1 Å². The van der Waals surface area contributed by atoms with Gasteiger partial charge in [-0.2, -0.15) is 0 Å². The van der Waals surface area contributed by atoms with E-state index >= 15 is 0 Å². The Hall–Kier alpha value is -2.05. The van der Waals surface area contributed by atoms with E-state index in [0.29, 0.717) is 11.1 Å². The number of aliphatic hydroxyl groups is 1. The summed E-state index contributed by atoms with van der Waals surface area (Å²) in [5.74, 6) is 4.48. The number of aliphatic hydroxyl groups excluding tert-OH is 1. The summed E-state index contributed by atoms with van der Waals surface area (Å²) < 4.78 is 0. The first-order chi connectivity index (χ1) is 10.0. The van der Waals surface area contributed by atoms with Crippen molar-refractivity contribution in [2.24, 2.45) is 11.6 Å². The fourth-order valence-corrected chi connectivity index (χ4v) is 2.00. The van der Waals surface area contributed by atoms with E-state index in [1.807, 2.05) is 31.2 Å². The normalized spacial score (nSPS) is 13.7. The molecule has 0 aromatic heterocycles. The van der Waals surface area contributed by atoms with Gasteiger partial charge >= 0.3 is 0 Å². The van der Waals surface area contributed by atoms with Crippen LogP contribution in [0.4, 0.5) is 0 Å². The van der Waals surface area contributed by atoms with Gasteiger partial charge in [0.2, 0.25) is 5.78 Å². The number of ketones is 1. The summed E-state index contributed by atoms with van der Waals surface area (Å²) in [6.45, 7) is 1.99. The molecule has 5 N–H and O–H groups in total. The Morgan fingerprint density at radius 2 is 1.52 bits per heavy atom. The monoisotopic (exact) mass is 286 g/mol. The van der Waals surface area contributed by atoms with Crippen LogP contribution in [-0.4, -0.2) is 17.1 Å². The number of nitrogens with two attached hydrogens (primary N) is 2. The smallest absolute Gasteiger partial charge is 0.208 e. The second-order valence-corrected chi connectivity index (χ2v) is 4.86. The van der Waals surface area contributed by atoms with Crippen LogP contribution < -0.4 is 11.6 Å². The molecule has 2 aromatic carbocycles. The van der Waals surface area contributed by atoms with Crippen molar-refractivity contribution in [2.45, 2.75) is 19.3 Å². The number of Topliss-reactive ketones (excluding diaryl/α,β-unsaturated/α-hetero) is 1. The predicted octanol–water partition coefficient (Wildman–Crippen LogP) is 1.43. The molecule has 21 heavy (non-hydrogen) atoms. The van der Waals surface area contributed by atoms with Crippen LogP contribution >= 0.6 is 0 Å². The van der Waals surface area contributed by atoms with Crippen LogP contribution in [0.1, 0.15) is 33.2 Å². The molecule has 0 radical (unpaired) electrons. The van der Waals surface area contributed by atoms with Crippen molar-refractivity contribution in [3.63, 3.8) is 0 Å². The maximum atomic E-state index is 11.8. The first kappa shape index (κ1) is 15.3. The summed E-state index contributed by atoms with van der Waals surface area (Å²) >= 11 is 0. The van der Waals surface area contributed by atoms with Crippen LogP contribution in [0.15, 0.2) is 48.5 Å². The zero-order chi connectivity index (χ0) is 15.4.